The summed E-state index contributed by atoms with van der Waals surface area (Å²) in [6, 6.07) is 8.54. The highest BCUT2D eigenvalue weighted by molar-refractivity contribution is 5.89. The van der Waals surface area contributed by atoms with E-state index in [4.69, 9.17) is 4.74 Å². The van der Waals surface area contributed by atoms with Crippen LogP contribution in [0.25, 0.3) is 0 Å². The third kappa shape index (κ3) is 7.38. The molecule has 5 aliphatic carbocycles. The Labute approximate surface area is 337 Å². The summed E-state index contributed by atoms with van der Waals surface area (Å²) in [5, 5.41) is 15.4. The second kappa shape index (κ2) is 15.5. The van der Waals surface area contributed by atoms with Crippen molar-refractivity contribution < 1.29 is 29.0 Å². The monoisotopic (exact) mass is 773 g/mol. The quantitative estimate of drug-likeness (QED) is 0.111. The molecule has 0 radical (unpaired) electrons. The Morgan fingerprint density at radius 3 is 2.21 bits per heavy atom. The third-order valence-corrected chi connectivity index (χ3v) is 16.9. The Balaban J connectivity index is 1.15. The third-order valence-electron chi connectivity index (χ3n) is 16.9. The van der Waals surface area contributed by atoms with Crippen LogP contribution in [0.4, 0.5) is 0 Å². The number of amides is 2. The van der Waals surface area contributed by atoms with Crippen LogP contribution in [0.15, 0.2) is 42.0 Å². The number of benzene rings is 1. The predicted octanol–water partition coefficient (Wildman–Crippen LogP) is 9.92. The first kappa shape index (κ1) is 42.4. The SMILES string of the molecule is CC(C)[C@H](NC(=O)CCCCCNC(=O)[C@]12CCC(C)(C)C[C@H]1C1=CC[C@@H]3[C@@]4(C)CC[C@H](OC(=O)c5ccccc5)C(C)(C)[C@@H]4CC[C@@]3(C)[C@]1(C)CC2)C(=O)O. The van der Waals surface area contributed by atoms with Gasteiger partial charge in [-0.2, -0.15) is 0 Å². The lowest BCUT2D eigenvalue weighted by molar-refractivity contribution is -0.204. The lowest BCUT2D eigenvalue weighted by Crippen LogP contribution is -2.65. The maximum absolute atomic E-state index is 14.5. The van der Waals surface area contributed by atoms with Crippen LogP contribution in [-0.2, 0) is 19.1 Å². The molecule has 0 aromatic heterocycles. The molecular formula is C48H72N2O6. The molecule has 0 heterocycles. The molecule has 8 heteroatoms. The average molecular weight is 773 g/mol. The van der Waals surface area contributed by atoms with Crippen molar-refractivity contribution in [3.63, 3.8) is 0 Å². The normalized spacial score (nSPS) is 36.0. The van der Waals surface area contributed by atoms with E-state index in [0.717, 1.165) is 77.0 Å². The van der Waals surface area contributed by atoms with Crippen molar-refractivity contribution in [1.82, 2.24) is 10.6 Å². The fraction of sp³-hybridized carbons (Fsp3) is 0.750. The minimum absolute atomic E-state index is 0.0162. The fourth-order valence-corrected chi connectivity index (χ4v) is 13.3. The molecule has 6 rings (SSSR count). The van der Waals surface area contributed by atoms with Gasteiger partial charge in [-0.15, -0.1) is 0 Å². The van der Waals surface area contributed by atoms with Crippen LogP contribution in [0.1, 0.15) is 163 Å². The van der Waals surface area contributed by atoms with Crippen LogP contribution in [0.5, 0.6) is 0 Å². The maximum atomic E-state index is 14.5. The molecule has 5 aliphatic rings. The van der Waals surface area contributed by atoms with Gasteiger partial charge < -0.3 is 20.5 Å². The van der Waals surface area contributed by atoms with Crippen LogP contribution in [0, 0.1) is 56.2 Å². The number of hydrogen-bond donors (Lipinski definition) is 3. The Morgan fingerprint density at radius 2 is 1.54 bits per heavy atom. The number of fused-ring (bicyclic) bond motifs is 7. The molecule has 0 spiro atoms. The lowest BCUT2D eigenvalue weighted by atomic mass is 9.33. The molecule has 0 unspecified atom stereocenters. The summed E-state index contributed by atoms with van der Waals surface area (Å²) >= 11 is 0. The van der Waals surface area contributed by atoms with Crippen LogP contribution in [0.2, 0.25) is 0 Å². The average Bonchev–Trinajstić information content (AvgIpc) is 3.13. The Kier molecular flexibility index (Phi) is 11.8. The van der Waals surface area contributed by atoms with E-state index in [0.29, 0.717) is 30.4 Å². The number of allylic oxidation sites excluding steroid dienone is 2. The largest absolute Gasteiger partial charge is 0.480 e. The van der Waals surface area contributed by atoms with Gasteiger partial charge in [0, 0.05) is 18.4 Å². The number of carboxylic acids is 1. The standard InChI is InChI=1S/C48H72N2O6/c1-31(2)39(40(52)53)50-38(51)18-14-11-15-29-49-42(55)48-27-25-43(3,4)30-34(48)33-19-20-36-45(7)23-22-37(56-41(54)32-16-12-10-13-17-32)44(5,6)35(45)21-24-47(36,9)46(33,8)26-28-48/h10,12-13,16-17,19,31,34-37,39H,11,14-15,18,20-30H2,1-9H3,(H,49,55)(H,50,51)(H,52,53)/t34-,35-,36+,37-,39-,45-,46+,47+,48-/m0/s1. The summed E-state index contributed by atoms with van der Waals surface area (Å²) in [5.41, 5.74) is 2.08. The number of esters is 1. The number of aliphatic carboxylic acids is 1. The number of unbranched alkanes of at least 4 members (excludes halogenated alkanes) is 2. The number of nitrogens with one attached hydrogen (secondary N) is 2. The zero-order chi connectivity index (χ0) is 40.9. The van der Waals surface area contributed by atoms with Crippen molar-refractivity contribution in [2.24, 2.45) is 56.2 Å². The molecule has 2 amide bonds. The molecule has 8 nitrogen and oxygen atoms in total. The summed E-state index contributed by atoms with van der Waals surface area (Å²) < 4.78 is 6.33. The highest BCUT2D eigenvalue weighted by Crippen LogP contribution is 2.76. The van der Waals surface area contributed by atoms with Gasteiger partial charge in [0.25, 0.3) is 0 Å². The van der Waals surface area contributed by atoms with Gasteiger partial charge in [-0.25, -0.2) is 9.59 Å². The van der Waals surface area contributed by atoms with Gasteiger partial charge in [-0.3, -0.25) is 9.59 Å². The van der Waals surface area contributed by atoms with Gasteiger partial charge in [0.1, 0.15) is 12.1 Å². The van der Waals surface area contributed by atoms with Gasteiger partial charge in [0.05, 0.1) is 11.0 Å². The molecule has 1 aromatic carbocycles. The second-order valence-electron chi connectivity index (χ2n) is 21.2. The first-order valence-electron chi connectivity index (χ1n) is 22.0. The number of hydrogen-bond acceptors (Lipinski definition) is 5. The zero-order valence-corrected chi connectivity index (χ0v) is 36.0. The van der Waals surface area contributed by atoms with E-state index in [-0.39, 0.29) is 69.2 Å². The van der Waals surface area contributed by atoms with Gasteiger partial charge >= 0.3 is 11.9 Å². The number of rotatable bonds is 12. The number of carbonyl (C=O) groups is 4. The maximum Gasteiger partial charge on any atom is 0.338 e. The minimum Gasteiger partial charge on any atom is -0.480 e. The minimum atomic E-state index is -1.01. The molecule has 3 N–H and O–H groups in total. The first-order valence-corrected chi connectivity index (χ1v) is 22.0. The van der Waals surface area contributed by atoms with Crippen LogP contribution in [-0.4, -0.2) is 47.6 Å². The summed E-state index contributed by atoms with van der Waals surface area (Å²) in [7, 11) is 0. The van der Waals surface area contributed by atoms with Crippen molar-refractivity contribution >= 4 is 23.8 Å². The molecule has 4 saturated carbocycles. The highest BCUT2D eigenvalue weighted by Gasteiger charge is 2.69. The van der Waals surface area contributed by atoms with Crippen molar-refractivity contribution in [2.45, 2.75) is 164 Å². The van der Waals surface area contributed by atoms with E-state index in [9.17, 15) is 24.3 Å². The molecular weight excluding hydrogens is 701 g/mol. The molecule has 4 fully saturated rings. The van der Waals surface area contributed by atoms with Crippen LogP contribution < -0.4 is 10.6 Å². The highest BCUT2D eigenvalue weighted by atomic mass is 16.5. The molecule has 1 aromatic rings. The van der Waals surface area contributed by atoms with Crippen molar-refractivity contribution in [1.29, 1.82) is 0 Å². The molecule has 0 aliphatic heterocycles. The molecule has 56 heavy (non-hydrogen) atoms. The summed E-state index contributed by atoms with van der Waals surface area (Å²) in [6.45, 7) is 21.4. The molecule has 0 saturated heterocycles. The Hall–Kier alpha value is -3.16. The van der Waals surface area contributed by atoms with Crippen molar-refractivity contribution in [3.8, 4) is 0 Å². The first-order chi connectivity index (χ1) is 26.2. The van der Waals surface area contributed by atoms with Gasteiger partial charge in [0.2, 0.25) is 11.8 Å². The second-order valence-corrected chi connectivity index (χ2v) is 21.2. The van der Waals surface area contributed by atoms with Crippen molar-refractivity contribution in [3.05, 3.63) is 47.5 Å². The molecule has 9 atom stereocenters. The lowest BCUT2D eigenvalue weighted by Gasteiger charge is -2.71. The van der Waals surface area contributed by atoms with Crippen LogP contribution >= 0.6 is 0 Å². The Bertz CT molecular complexity index is 1680. The Morgan fingerprint density at radius 1 is 0.839 bits per heavy atom. The van der Waals surface area contributed by atoms with E-state index in [1.165, 1.54) is 0 Å². The van der Waals surface area contributed by atoms with Gasteiger partial charge in [-0.1, -0.05) is 98.6 Å². The van der Waals surface area contributed by atoms with E-state index in [1.807, 2.05) is 30.3 Å². The van der Waals surface area contributed by atoms with Gasteiger partial charge in [0.15, 0.2) is 0 Å². The fourth-order valence-electron chi connectivity index (χ4n) is 13.3. The summed E-state index contributed by atoms with van der Waals surface area (Å²) in [5.74, 6) is -0.212. The van der Waals surface area contributed by atoms with E-state index < -0.39 is 17.4 Å². The number of carbonyl (C=O) groups excluding carboxylic acids is 3. The topological polar surface area (TPSA) is 122 Å². The van der Waals surface area contributed by atoms with E-state index >= 15 is 0 Å². The zero-order valence-electron chi connectivity index (χ0n) is 36.0. The summed E-state index contributed by atoms with van der Waals surface area (Å²) in [4.78, 5) is 51.7. The predicted molar refractivity (Wildman–Crippen MR) is 221 cm³/mol. The molecule has 0 bridgehead atoms. The van der Waals surface area contributed by atoms with Crippen LogP contribution in [0.3, 0.4) is 0 Å². The van der Waals surface area contributed by atoms with Crippen molar-refractivity contribution in [2.75, 3.05) is 6.54 Å². The molecule has 310 valence electrons. The van der Waals surface area contributed by atoms with E-state index in [2.05, 4.69) is 65.2 Å². The number of carboxylic acid groups (broad SMARTS) is 1. The van der Waals surface area contributed by atoms with E-state index in [1.54, 1.807) is 19.4 Å². The smallest absolute Gasteiger partial charge is 0.338 e. The number of ether oxygens (including phenoxy) is 1. The van der Waals surface area contributed by atoms with Gasteiger partial charge in [-0.05, 0) is 135 Å². The summed E-state index contributed by atoms with van der Waals surface area (Å²) in [6.07, 6.45) is 15.3.